The molecule has 0 saturated heterocycles. The summed E-state index contributed by atoms with van der Waals surface area (Å²) in [7, 11) is 0. The van der Waals surface area contributed by atoms with E-state index in [2.05, 4.69) is 0 Å². The molecular formula is C15H14BrNO4S. The summed E-state index contributed by atoms with van der Waals surface area (Å²) in [6.45, 7) is 3.67. The molecule has 0 spiro atoms. The Balaban J connectivity index is 0.00000242. The Labute approximate surface area is 142 Å². The number of aryl methyl sites for hydroxylation is 2. The van der Waals surface area contributed by atoms with Gasteiger partial charge in [-0.15, -0.1) is 11.8 Å². The lowest BCUT2D eigenvalue weighted by Crippen LogP contribution is -3.00. The van der Waals surface area contributed by atoms with Gasteiger partial charge in [0.05, 0.1) is 42.2 Å². The van der Waals surface area contributed by atoms with Crippen LogP contribution in [0.3, 0.4) is 0 Å². The van der Waals surface area contributed by atoms with Crippen molar-refractivity contribution >= 4 is 23.2 Å². The number of ketones is 1. The van der Waals surface area contributed by atoms with E-state index in [1.54, 1.807) is 12.1 Å². The Bertz CT molecular complexity index is 685. The summed E-state index contributed by atoms with van der Waals surface area (Å²) in [6, 6.07) is 9.67. The van der Waals surface area contributed by atoms with Crippen LogP contribution in [0.15, 0.2) is 45.7 Å². The first-order chi connectivity index (χ1) is 9.97. The summed E-state index contributed by atoms with van der Waals surface area (Å²) >= 11 is 1.34. The van der Waals surface area contributed by atoms with Crippen molar-refractivity contribution in [1.82, 2.24) is 0 Å². The molecule has 116 valence electrons. The minimum Gasteiger partial charge on any atom is -1.00 e. The minimum atomic E-state index is -0.534. The first-order valence-corrected chi connectivity index (χ1v) is 7.27. The normalized spacial score (nSPS) is 9.91. The zero-order chi connectivity index (χ0) is 15.4. The highest BCUT2D eigenvalue weighted by atomic mass is 79.9. The van der Waals surface area contributed by atoms with Gasteiger partial charge in [-0.25, -0.2) is 4.42 Å². The van der Waals surface area contributed by atoms with Crippen molar-refractivity contribution in [1.29, 1.82) is 0 Å². The Morgan fingerprint density at radius 1 is 1.23 bits per heavy atom. The highest BCUT2D eigenvalue weighted by Gasteiger charge is 2.19. The molecule has 1 aromatic heterocycles. The van der Waals surface area contributed by atoms with Gasteiger partial charge in [0, 0.05) is 11.0 Å². The SMILES string of the molecule is Cc1cc(SCC(=O)c2ccccc2[N+](=O)[O-])cc(C)[o+]1.[Br-]. The number of nitrogens with zero attached hydrogens (tertiary/aromatic N) is 1. The Hall–Kier alpha value is -1.73. The van der Waals surface area contributed by atoms with Crippen LogP contribution in [0.1, 0.15) is 21.9 Å². The molecule has 1 aromatic carbocycles. The number of hydrogen-bond acceptors (Lipinski definition) is 4. The molecule has 2 aromatic rings. The highest BCUT2D eigenvalue weighted by Crippen LogP contribution is 2.24. The number of carbonyl (C=O) groups excluding carboxylic acids is 1. The third kappa shape index (κ3) is 4.64. The van der Waals surface area contributed by atoms with Crippen molar-refractivity contribution in [2.24, 2.45) is 0 Å². The number of hydrogen-bond donors (Lipinski definition) is 0. The van der Waals surface area contributed by atoms with Crippen molar-refractivity contribution in [3.63, 3.8) is 0 Å². The number of halogens is 1. The van der Waals surface area contributed by atoms with Crippen LogP contribution in [0.2, 0.25) is 0 Å². The lowest BCUT2D eigenvalue weighted by molar-refractivity contribution is -0.385. The monoisotopic (exact) mass is 383 g/mol. The third-order valence-corrected chi connectivity index (χ3v) is 3.76. The molecule has 0 radical (unpaired) electrons. The van der Waals surface area contributed by atoms with Gasteiger partial charge >= 0.3 is 11.5 Å². The molecule has 2 rings (SSSR count). The van der Waals surface area contributed by atoms with Crippen LogP contribution in [0.4, 0.5) is 5.69 Å². The van der Waals surface area contributed by atoms with E-state index in [1.165, 1.54) is 23.9 Å². The molecule has 0 saturated carbocycles. The van der Waals surface area contributed by atoms with Gasteiger partial charge in [0.2, 0.25) is 0 Å². The van der Waals surface area contributed by atoms with Crippen molar-refractivity contribution in [2.45, 2.75) is 18.7 Å². The van der Waals surface area contributed by atoms with Crippen molar-refractivity contribution in [2.75, 3.05) is 5.75 Å². The van der Waals surface area contributed by atoms with E-state index in [-0.39, 0.29) is 39.8 Å². The number of para-hydroxylation sites is 1. The fourth-order valence-electron chi connectivity index (χ4n) is 1.93. The molecule has 0 aliphatic rings. The Kier molecular flexibility index (Phi) is 6.70. The predicted octanol–water partition coefficient (Wildman–Crippen LogP) is 1.06. The number of thioether (sulfide) groups is 1. The predicted molar refractivity (Wildman–Crippen MR) is 80.7 cm³/mol. The molecule has 0 fully saturated rings. The first kappa shape index (κ1) is 18.3. The average Bonchev–Trinajstić information content (AvgIpc) is 2.43. The number of benzene rings is 1. The van der Waals surface area contributed by atoms with E-state index in [1.807, 2.05) is 26.0 Å². The van der Waals surface area contributed by atoms with Crippen LogP contribution in [0.5, 0.6) is 0 Å². The van der Waals surface area contributed by atoms with E-state index in [0.29, 0.717) is 0 Å². The molecule has 0 aliphatic heterocycles. The van der Waals surface area contributed by atoms with E-state index in [4.69, 9.17) is 4.42 Å². The number of nitro benzene ring substituents is 1. The highest BCUT2D eigenvalue weighted by molar-refractivity contribution is 8.00. The molecule has 0 aliphatic carbocycles. The number of nitro groups is 1. The molecule has 5 nitrogen and oxygen atoms in total. The van der Waals surface area contributed by atoms with Crippen LogP contribution in [0, 0.1) is 24.0 Å². The Morgan fingerprint density at radius 2 is 1.82 bits per heavy atom. The van der Waals surface area contributed by atoms with Gasteiger partial charge in [0.1, 0.15) is 0 Å². The molecular weight excluding hydrogens is 370 g/mol. The number of carbonyl (C=O) groups is 1. The lowest BCUT2D eigenvalue weighted by Gasteiger charge is -2.02. The number of rotatable bonds is 5. The molecule has 0 atom stereocenters. The summed E-state index contributed by atoms with van der Waals surface area (Å²) in [5.41, 5.74) is -0.0115. The summed E-state index contributed by atoms with van der Waals surface area (Å²) in [6.07, 6.45) is 0. The molecule has 0 amide bonds. The maximum Gasteiger partial charge on any atom is 0.327 e. The van der Waals surface area contributed by atoms with Crippen molar-refractivity contribution in [3.8, 4) is 0 Å². The van der Waals surface area contributed by atoms with Gasteiger partial charge in [-0.2, -0.15) is 0 Å². The topological polar surface area (TPSA) is 71.5 Å². The molecule has 22 heavy (non-hydrogen) atoms. The standard InChI is InChI=1S/C15H14NO4S.BrH/c1-10-7-12(8-11(2)20-10)21-9-15(17)13-5-3-4-6-14(13)16(18)19;/h3-8H,9H2,1-2H3;1H/q+1;/p-1. The molecule has 1 heterocycles. The van der Waals surface area contributed by atoms with E-state index >= 15 is 0 Å². The second kappa shape index (κ2) is 8.05. The summed E-state index contributed by atoms with van der Waals surface area (Å²) < 4.78 is 5.37. The molecule has 0 N–H and O–H groups in total. The van der Waals surface area contributed by atoms with Crippen LogP contribution in [-0.4, -0.2) is 16.5 Å². The zero-order valence-corrected chi connectivity index (χ0v) is 14.4. The minimum absolute atomic E-state index is 0. The second-order valence-corrected chi connectivity index (χ2v) is 5.55. The lowest BCUT2D eigenvalue weighted by atomic mass is 10.1. The molecule has 7 heteroatoms. The van der Waals surface area contributed by atoms with Crippen molar-refractivity contribution in [3.05, 3.63) is 63.6 Å². The average molecular weight is 384 g/mol. The van der Waals surface area contributed by atoms with Gasteiger partial charge in [-0.05, 0) is 6.07 Å². The van der Waals surface area contributed by atoms with Gasteiger partial charge in [0.25, 0.3) is 5.69 Å². The third-order valence-electron chi connectivity index (χ3n) is 2.78. The maximum absolute atomic E-state index is 12.2. The molecule has 0 bridgehead atoms. The van der Waals surface area contributed by atoms with Crippen LogP contribution in [-0.2, 0) is 0 Å². The molecule has 0 unspecified atom stereocenters. The second-order valence-electron chi connectivity index (χ2n) is 4.50. The fourth-order valence-corrected chi connectivity index (χ4v) is 2.89. The van der Waals surface area contributed by atoms with E-state index in [9.17, 15) is 14.9 Å². The van der Waals surface area contributed by atoms with Crippen molar-refractivity contribution < 1.29 is 31.1 Å². The van der Waals surface area contributed by atoms with E-state index < -0.39 is 4.92 Å². The largest absolute Gasteiger partial charge is 1.00 e. The van der Waals surface area contributed by atoms with Gasteiger partial charge in [-0.1, -0.05) is 12.1 Å². The fraction of sp³-hybridized carbons (Fsp3) is 0.200. The summed E-state index contributed by atoms with van der Waals surface area (Å²) in [5.74, 6) is 1.41. The van der Waals surface area contributed by atoms with Crippen LogP contribution in [0.25, 0.3) is 0 Å². The smallest absolute Gasteiger partial charge is 0.327 e. The maximum atomic E-state index is 12.2. The van der Waals surface area contributed by atoms with Gasteiger partial charge in [-0.3, -0.25) is 14.9 Å². The summed E-state index contributed by atoms with van der Waals surface area (Å²) in [5, 5.41) is 10.9. The van der Waals surface area contributed by atoms with Crippen LogP contribution >= 0.6 is 11.8 Å². The number of Topliss-reactive ketones (excluding diaryl/α,β-unsaturated/α-hetero) is 1. The van der Waals surface area contributed by atoms with Gasteiger partial charge in [0.15, 0.2) is 5.78 Å². The summed E-state index contributed by atoms with van der Waals surface area (Å²) in [4.78, 5) is 23.5. The van der Waals surface area contributed by atoms with E-state index in [0.717, 1.165) is 16.4 Å². The Morgan fingerprint density at radius 3 is 2.41 bits per heavy atom. The quantitative estimate of drug-likeness (QED) is 0.254. The van der Waals surface area contributed by atoms with Gasteiger partial charge < -0.3 is 17.0 Å². The zero-order valence-electron chi connectivity index (χ0n) is 12.0. The van der Waals surface area contributed by atoms with Crippen LogP contribution < -0.4 is 17.0 Å². The first-order valence-electron chi connectivity index (χ1n) is 6.28.